The molecule has 1 saturated heterocycles. The van der Waals surface area contributed by atoms with E-state index in [-0.39, 0.29) is 36.6 Å². The second-order valence-corrected chi connectivity index (χ2v) is 9.52. The fraction of sp³-hybridized carbons (Fsp3) is 0.417. The van der Waals surface area contributed by atoms with Crippen molar-refractivity contribution in [2.45, 2.75) is 38.3 Å². The van der Waals surface area contributed by atoms with E-state index in [0.717, 1.165) is 0 Å². The first kappa shape index (κ1) is 29.4. The summed E-state index contributed by atoms with van der Waals surface area (Å²) >= 11 is 6.34. The van der Waals surface area contributed by atoms with Gasteiger partial charge in [-0.05, 0) is 35.7 Å². The van der Waals surface area contributed by atoms with Crippen LogP contribution < -0.4 is 10.9 Å². The minimum atomic E-state index is -5.06. The van der Waals surface area contributed by atoms with Crippen molar-refractivity contribution in [1.29, 1.82) is 0 Å². The van der Waals surface area contributed by atoms with Crippen LogP contribution in [0.2, 0.25) is 5.02 Å². The lowest BCUT2D eigenvalue weighted by Crippen LogP contribution is -2.59. The van der Waals surface area contributed by atoms with Gasteiger partial charge in [-0.15, -0.1) is 0 Å². The van der Waals surface area contributed by atoms with Crippen molar-refractivity contribution in [1.82, 2.24) is 15.2 Å². The highest BCUT2D eigenvalue weighted by Gasteiger charge is 2.39. The SMILES string of the molecule is CC(C)C1CN(C(C(=O)NNc2cc(C(F)(F)F)cc(C(F)(F)F)c2)c2ccccc2Cl)CCN1C(=O)O. The van der Waals surface area contributed by atoms with Crippen molar-refractivity contribution in [3.63, 3.8) is 0 Å². The molecule has 0 radical (unpaired) electrons. The average molecular weight is 567 g/mol. The van der Waals surface area contributed by atoms with Crippen LogP contribution in [0.5, 0.6) is 0 Å². The van der Waals surface area contributed by atoms with Gasteiger partial charge in [-0.3, -0.25) is 20.5 Å². The molecule has 2 atom stereocenters. The summed E-state index contributed by atoms with van der Waals surface area (Å²) < 4.78 is 79.3. The number of carbonyl (C=O) groups is 2. The monoisotopic (exact) mass is 566 g/mol. The largest absolute Gasteiger partial charge is 0.465 e. The van der Waals surface area contributed by atoms with E-state index in [9.17, 15) is 41.0 Å². The lowest BCUT2D eigenvalue weighted by Gasteiger charge is -2.44. The number of anilines is 1. The second-order valence-electron chi connectivity index (χ2n) is 9.12. The molecule has 1 aliphatic heterocycles. The third kappa shape index (κ3) is 6.81. The Labute approximate surface area is 219 Å². The highest BCUT2D eigenvalue weighted by atomic mass is 35.5. The third-order valence-electron chi connectivity index (χ3n) is 6.20. The number of piperazine rings is 1. The first-order chi connectivity index (χ1) is 17.6. The van der Waals surface area contributed by atoms with Crippen LogP contribution in [0, 0.1) is 5.92 Å². The van der Waals surface area contributed by atoms with Crippen LogP contribution in [0.4, 0.5) is 36.8 Å². The Balaban J connectivity index is 1.92. The van der Waals surface area contributed by atoms with Crippen molar-refractivity contribution in [2.75, 3.05) is 25.1 Å². The molecule has 2 unspecified atom stereocenters. The van der Waals surface area contributed by atoms with Crippen molar-refractivity contribution in [2.24, 2.45) is 5.92 Å². The van der Waals surface area contributed by atoms with Crippen LogP contribution in [-0.2, 0) is 17.1 Å². The Bertz CT molecular complexity index is 1140. The number of nitrogens with one attached hydrogen (secondary N) is 2. The number of hydrazine groups is 1. The number of amides is 2. The molecule has 1 heterocycles. The zero-order chi connectivity index (χ0) is 28.4. The summed E-state index contributed by atoms with van der Waals surface area (Å²) in [5, 5.41) is 9.76. The molecule has 0 saturated carbocycles. The van der Waals surface area contributed by atoms with Gasteiger partial charge in [0.15, 0.2) is 0 Å². The highest BCUT2D eigenvalue weighted by molar-refractivity contribution is 6.31. The standard InChI is InChI=1S/C24H25ClF6N4O3/c1-13(2)19-12-34(7-8-35(19)22(37)38)20(17-5-3-4-6-18(17)25)21(36)33-32-16-10-14(23(26,27)28)9-15(11-16)24(29,30)31/h3-6,9-11,13,19-20,32H,7-8,12H2,1-2H3,(H,33,36)(H,37,38). The molecular formula is C24H25ClF6N4O3. The summed E-state index contributed by atoms with van der Waals surface area (Å²) in [6.07, 6.45) is -11.2. The van der Waals surface area contributed by atoms with E-state index in [1.165, 1.54) is 11.0 Å². The number of hydrogen-bond donors (Lipinski definition) is 3. The molecule has 2 aromatic rings. The first-order valence-corrected chi connectivity index (χ1v) is 11.8. The molecule has 14 heteroatoms. The number of alkyl halides is 6. The Morgan fingerprint density at radius 2 is 1.58 bits per heavy atom. The van der Waals surface area contributed by atoms with E-state index in [2.05, 4.69) is 10.9 Å². The quantitative estimate of drug-likeness (QED) is 0.300. The van der Waals surface area contributed by atoms with E-state index in [4.69, 9.17) is 11.6 Å². The minimum absolute atomic E-state index is 0.0203. The van der Waals surface area contributed by atoms with Gasteiger partial charge in [0.1, 0.15) is 6.04 Å². The topological polar surface area (TPSA) is 84.9 Å². The summed E-state index contributed by atoms with van der Waals surface area (Å²) in [4.78, 5) is 28.0. The molecule has 1 fully saturated rings. The molecule has 3 N–H and O–H groups in total. The Hall–Kier alpha value is -3.19. The molecule has 38 heavy (non-hydrogen) atoms. The molecule has 2 amide bonds. The van der Waals surface area contributed by atoms with Crippen molar-refractivity contribution in [3.05, 3.63) is 64.2 Å². The molecule has 1 aliphatic rings. The lowest BCUT2D eigenvalue weighted by atomic mass is 9.96. The Kier molecular flexibility index (Phi) is 8.72. The normalized spacial score (nSPS) is 17.8. The maximum absolute atomic E-state index is 13.4. The van der Waals surface area contributed by atoms with Gasteiger partial charge in [0, 0.05) is 24.7 Å². The van der Waals surface area contributed by atoms with Gasteiger partial charge >= 0.3 is 18.4 Å². The smallest absolute Gasteiger partial charge is 0.416 e. The van der Waals surface area contributed by atoms with Crippen LogP contribution in [-0.4, -0.2) is 52.6 Å². The molecular weight excluding hydrogens is 542 g/mol. The zero-order valence-corrected chi connectivity index (χ0v) is 21.0. The molecule has 0 bridgehead atoms. The van der Waals surface area contributed by atoms with Crippen LogP contribution in [0.1, 0.15) is 36.6 Å². The number of rotatable bonds is 6. The van der Waals surface area contributed by atoms with E-state index >= 15 is 0 Å². The zero-order valence-electron chi connectivity index (χ0n) is 20.2. The molecule has 0 aromatic heterocycles. The van der Waals surface area contributed by atoms with E-state index < -0.39 is 53.3 Å². The number of carbonyl (C=O) groups excluding carboxylic acids is 1. The van der Waals surface area contributed by atoms with Crippen molar-refractivity contribution >= 4 is 29.3 Å². The Morgan fingerprint density at radius 3 is 2.08 bits per heavy atom. The predicted octanol–water partition coefficient (Wildman–Crippen LogP) is 5.88. The van der Waals surface area contributed by atoms with Gasteiger partial charge in [0.25, 0.3) is 5.91 Å². The molecule has 208 valence electrons. The fourth-order valence-electron chi connectivity index (χ4n) is 4.30. The van der Waals surface area contributed by atoms with Crippen LogP contribution in [0.25, 0.3) is 0 Å². The maximum atomic E-state index is 13.4. The summed E-state index contributed by atoms with van der Waals surface area (Å²) in [5.74, 6) is -0.928. The van der Waals surface area contributed by atoms with Crippen LogP contribution >= 0.6 is 11.6 Å². The Morgan fingerprint density at radius 1 is 1.00 bits per heavy atom. The number of benzene rings is 2. The van der Waals surface area contributed by atoms with E-state index in [1.54, 1.807) is 23.1 Å². The predicted molar refractivity (Wildman–Crippen MR) is 127 cm³/mol. The van der Waals surface area contributed by atoms with Gasteiger partial charge < -0.3 is 10.0 Å². The second kappa shape index (κ2) is 11.3. The molecule has 0 aliphatic carbocycles. The van der Waals surface area contributed by atoms with Gasteiger partial charge in [-0.25, -0.2) is 4.79 Å². The fourth-order valence-corrected chi connectivity index (χ4v) is 4.54. The molecule has 7 nitrogen and oxygen atoms in total. The minimum Gasteiger partial charge on any atom is -0.465 e. The number of halogens is 7. The van der Waals surface area contributed by atoms with Gasteiger partial charge in [-0.1, -0.05) is 43.6 Å². The van der Waals surface area contributed by atoms with Gasteiger partial charge in [-0.2, -0.15) is 26.3 Å². The molecule has 2 aromatic carbocycles. The van der Waals surface area contributed by atoms with E-state index in [0.29, 0.717) is 17.7 Å². The van der Waals surface area contributed by atoms with Crippen molar-refractivity contribution in [3.8, 4) is 0 Å². The summed E-state index contributed by atoms with van der Waals surface area (Å²) in [5.41, 5.74) is 0.981. The summed E-state index contributed by atoms with van der Waals surface area (Å²) in [7, 11) is 0. The summed E-state index contributed by atoms with van der Waals surface area (Å²) in [6, 6.07) is 5.59. The van der Waals surface area contributed by atoms with Crippen LogP contribution in [0.3, 0.4) is 0 Å². The maximum Gasteiger partial charge on any atom is 0.416 e. The van der Waals surface area contributed by atoms with Crippen molar-refractivity contribution < 1.29 is 41.0 Å². The highest BCUT2D eigenvalue weighted by Crippen LogP contribution is 2.37. The third-order valence-corrected chi connectivity index (χ3v) is 6.54. The molecule has 3 rings (SSSR count). The average Bonchev–Trinajstić information content (AvgIpc) is 2.82. The number of nitrogens with zero attached hydrogens (tertiary/aromatic N) is 2. The number of carboxylic acid groups (broad SMARTS) is 1. The van der Waals surface area contributed by atoms with Crippen LogP contribution in [0.15, 0.2) is 42.5 Å². The van der Waals surface area contributed by atoms with E-state index in [1.807, 2.05) is 13.8 Å². The molecule has 0 spiro atoms. The lowest BCUT2D eigenvalue weighted by molar-refractivity contribution is -0.143. The van der Waals surface area contributed by atoms with Gasteiger partial charge in [0.05, 0.1) is 22.9 Å². The summed E-state index contributed by atoms with van der Waals surface area (Å²) in [6.45, 7) is 3.97. The van der Waals surface area contributed by atoms with Gasteiger partial charge in [0.2, 0.25) is 0 Å². The number of hydrogen-bond acceptors (Lipinski definition) is 4. The first-order valence-electron chi connectivity index (χ1n) is 11.4.